The Morgan fingerprint density at radius 3 is 2.00 bits per heavy atom. The van der Waals surface area contributed by atoms with E-state index in [4.69, 9.17) is 9.47 Å². The van der Waals surface area contributed by atoms with Crippen molar-refractivity contribution in [3.8, 4) is 5.75 Å². The van der Waals surface area contributed by atoms with Gasteiger partial charge in [-0.2, -0.15) is 0 Å². The molecule has 5 nitrogen and oxygen atoms in total. The van der Waals surface area contributed by atoms with Gasteiger partial charge < -0.3 is 14.8 Å². The van der Waals surface area contributed by atoms with Crippen LogP contribution in [0.5, 0.6) is 5.75 Å². The number of rotatable bonds is 8. The highest BCUT2D eigenvalue weighted by molar-refractivity contribution is 5.95. The molecule has 0 aliphatic heterocycles. The van der Waals surface area contributed by atoms with Gasteiger partial charge in [0.2, 0.25) is 0 Å². The maximum Gasteiger partial charge on any atom is 0.350 e. The molecular formula is C24H30FNO4. The van der Waals surface area contributed by atoms with E-state index < -0.39 is 29.9 Å². The fourth-order valence-electron chi connectivity index (χ4n) is 3.01. The van der Waals surface area contributed by atoms with Gasteiger partial charge in [-0.05, 0) is 61.1 Å². The SMILES string of the molecule is CC(C)c1cccc(C(C)C)c1NC(=O)COC(=O)C(C)(C)Oc1ccc(F)cc1. The van der Waals surface area contributed by atoms with Crippen LogP contribution in [0.2, 0.25) is 0 Å². The van der Waals surface area contributed by atoms with Crippen LogP contribution >= 0.6 is 0 Å². The molecule has 0 atom stereocenters. The number of hydrogen-bond acceptors (Lipinski definition) is 4. The van der Waals surface area contributed by atoms with Crippen LogP contribution in [0.15, 0.2) is 42.5 Å². The summed E-state index contributed by atoms with van der Waals surface area (Å²) in [5, 5.41) is 2.91. The lowest BCUT2D eigenvalue weighted by molar-refractivity contribution is -0.161. The van der Waals surface area contributed by atoms with Crippen molar-refractivity contribution < 1.29 is 23.5 Å². The third-order valence-electron chi connectivity index (χ3n) is 4.65. The van der Waals surface area contributed by atoms with Crippen LogP contribution in [0.3, 0.4) is 0 Å². The highest BCUT2D eigenvalue weighted by atomic mass is 19.1. The number of hydrogen-bond donors (Lipinski definition) is 1. The monoisotopic (exact) mass is 415 g/mol. The fraction of sp³-hybridized carbons (Fsp3) is 0.417. The Kier molecular flexibility index (Phi) is 7.59. The van der Waals surface area contributed by atoms with Crippen molar-refractivity contribution in [1.29, 1.82) is 0 Å². The fourth-order valence-corrected chi connectivity index (χ4v) is 3.01. The van der Waals surface area contributed by atoms with E-state index in [-0.39, 0.29) is 11.8 Å². The summed E-state index contributed by atoms with van der Waals surface area (Å²) in [6.45, 7) is 10.9. The van der Waals surface area contributed by atoms with Crippen LogP contribution in [-0.2, 0) is 14.3 Å². The largest absolute Gasteiger partial charge is 0.476 e. The quantitative estimate of drug-likeness (QED) is 0.586. The van der Waals surface area contributed by atoms with Crippen molar-refractivity contribution in [3.63, 3.8) is 0 Å². The van der Waals surface area contributed by atoms with Gasteiger partial charge in [-0.3, -0.25) is 4.79 Å². The molecule has 0 unspecified atom stereocenters. The smallest absolute Gasteiger partial charge is 0.350 e. The van der Waals surface area contributed by atoms with Gasteiger partial charge >= 0.3 is 5.97 Å². The number of para-hydroxylation sites is 1. The summed E-state index contributed by atoms with van der Waals surface area (Å²) in [4.78, 5) is 25.0. The summed E-state index contributed by atoms with van der Waals surface area (Å²) in [5.74, 6) is -0.731. The minimum absolute atomic E-state index is 0.226. The summed E-state index contributed by atoms with van der Waals surface area (Å²) in [6, 6.07) is 11.3. The van der Waals surface area contributed by atoms with Gasteiger partial charge in [0, 0.05) is 5.69 Å². The molecule has 2 aromatic rings. The lowest BCUT2D eigenvalue weighted by Crippen LogP contribution is -2.41. The zero-order valence-corrected chi connectivity index (χ0v) is 18.4. The number of amides is 1. The maximum absolute atomic E-state index is 13.0. The molecule has 0 radical (unpaired) electrons. The second kappa shape index (κ2) is 9.74. The van der Waals surface area contributed by atoms with E-state index in [0.29, 0.717) is 5.75 Å². The van der Waals surface area contributed by atoms with Gasteiger partial charge in [-0.1, -0.05) is 45.9 Å². The van der Waals surface area contributed by atoms with Crippen molar-refractivity contribution in [2.45, 2.75) is 59.0 Å². The molecule has 0 bridgehead atoms. The molecule has 0 aromatic heterocycles. The molecule has 0 saturated carbocycles. The zero-order valence-electron chi connectivity index (χ0n) is 18.4. The van der Waals surface area contributed by atoms with E-state index in [1.165, 1.54) is 38.1 Å². The number of anilines is 1. The van der Waals surface area contributed by atoms with Gasteiger partial charge in [0.05, 0.1) is 0 Å². The van der Waals surface area contributed by atoms with Crippen LogP contribution in [0.4, 0.5) is 10.1 Å². The zero-order chi connectivity index (χ0) is 22.5. The molecule has 6 heteroatoms. The maximum atomic E-state index is 13.0. The summed E-state index contributed by atoms with van der Waals surface area (Å²) in [6.07, 6.45) is 0. The molecule has 1 N–H and O–H groups in total. The lowest BCUT2D eigenvalue weighted by Gasteiger charge is -2.24. The predicted octanol–water partition coefficient (Wildman–Crippen LogP) is 5.41. The number of carbonyl (C=O) groups is 2. The molecule has 30 heavy (non-hydrogen) atoms. The standard InChI is InChI=1S/C24H30FNO4/c1-15(2)19-8-7-9-20(16(3)4)22(19)26-21(27)14-29-23(28)24(5,6)30-18-12-10-17(25)11-13-18/h7-13,15-16H,14H2,1-6H3,(H,26,27). The Labute approximate surface area is 177 Å². The molecule has 0 saturated heterocycles. The molecule has 0 fully saturated rings. The highest BCUT2D eigenvalue weighted by Crippen LogP contribution is 2.32. The van der Waals surface area contributed by atoms with Crippen LogP contribution < -0.4 is 10.1 Å². The van der Waals surface area contributed by atoms with Crippen molar-refractivity contribution >= 4 is 17.6 Å². The molecule has 0 heterocycles. The van der Waals surface area contributed by atoms with Gasteiger partial charge in [-0.15, -0.1) is 0 Å². The number of ether oxygens (including phenoxy) is 2. The minimum Gasteiger partial charge on any atom is -0.476 e. The van der Waals surface area contributed by atoms with Crippen molar-refractivity contribution in [3.05, 3.63) is 59.4 Å². The van der Waals surface area contributed by atoms with E-state index >= 15 is 0 Å². The number of carbonyl (C=O) groups excluding carboxylic acids is 2. The van der Waals surface area contributed by atoms with Gasteiger partial charge in [0.25, 0.3) is 5.91 Å². The molecule has 0 aliphatic rings. The summed E-state index contributed by atoms with van der Waals surface area (Å²) in [5.41, 5.74) is 1.49. The normalized spacial score (nSPS) is 11.5. The first-order valence-electron chi connectivity index (χ1n) is 10.1. The Hall–Kier alpha value is -2.89. The van der Waals surface area contributed by atoms with E-state index in [1.807, 2.05) is 18.2 Å². The predicted molar refractivity (Wildman–Crippen MR) is 115 cm³/mol. The van der Waals surface area contributed by atoms with Crippen molar-refractivity contribution in [2.75, 3.05) is 11.9 Å². The second-order valence-electron chi connectivity index (χ2n) is 8.31. The minimum atomic E-state index is -1.34. The van der Waals surface area contributed by atoms with Gasteiger partial charge in [0.15, 0.2) is 12.2 Å². The third-order valence-corrected chi connectivity index (χ3v) is 4.65. The first-order chi connectivity index (χ1) is 14.0. The molecule has 0 aliphatic carbocycles. The second-order valence-corrected chi connectivity index (χ2v) is 8.31. The van der Waals surface area contributed by atoms with E-state index in [9.17, 15) is 14.0 Å². The molecule has 1 amide bonds. The van der Waals surface area contributed by atoms with Gasteiger partial charge in [0.1, 0.15) is 11.6 Å². The third kappa shape index (κ3) is 6.05. The Morgan fingerprint density at radius 2 is 1.50 bits per heavy atom. The topological polar surface area (TPSA) is 64.6 Å². The van der Waals surface area contributed by atoms with Crippen molar-refractivity contribution in [2.24, 2.45) is 0 Å². The van der Waals surface area contributed by atoms with Crippen LogP contribution in [-0.4, -0.2) is 24.1 Å². The average molecular weight is 416 g/mol. The average Bonchev–Trinajstić information content (AvgIpc) is 2.67. The summed E-state index contributed by atoms with van der Waals surface area (Å²) < 4.78 is 23.8. The van der Waals surface area contributed by atoms with E-state index in [0.717, 1.165) is 16.8 Å². The number of nitrogens with one attached hydrogen (secondary N) is 1. The lowest BCUT2D eigenvalue weighted by atomic mass is 9.92. The van der Waals surface area contributed by atoms with Gasteiger partial charge in [-0.25, -0.2) is 9.18 Å². The number of benzene rings is 2. The first-order valence-corrected chi connectivity index (χ1v) is 10.1. The summed E-state index contributed by atoms with van der Waals surface area (Å²) in [7, 11) is 0. The van der Waals surface area contributed by atoms with Crippen LogP contribution in [0, 0.1) is 5.82 Å². The molecule has 162 valence electrons. The Bertz CT molecular complexity index is 862. The van der Waals surface area contributed by atoms with Crippen LogP contribution in [0.25, 0.3) is 0 Å². The molecule has 0 spiro atoms. The van der Waals surface area contributed by atoms with Crippen molar-refractivity contribution in [1.82, 2.24) is 0 Å². The Balaban J connectivity index is 2.03. The van der Waals surface area contributed by atoms with E-state index in [1.54, 1.807) is 0 Å². The first kappa shape index (κ1) is 23.4. The number of halogens is 1. The summed E-state index contributed by atoms with van der Waals surface area (Å²) >= 11 is 0. The highest BCUT2D eigenvalue weighted by Gasteiger charge is 2.32. The number of esters is 1. The van der Waals surface area contributed by atoms with E-state index in [2.05, 4.69) is 33.0 Å². The molecular weight excluding hydrogens is 385 g/mol. The van der Waals surface area contributed by atoms with Crippen LogP contribution in [0.1, 0.15) is 64.5 Å². The molecule has 2 rings (SSSR count). The Morgan fingerprint density at radius 1 is 0.967 bits per heavy atom. The molecule has 2 aromatic carbocycles.